The van der Waals surface area contributed by atoms with Crippen molar-refractivity contribution in [2.75, 3.05) is 13.1 Å². The van der Waals surface area contributed by atoms with E-state index in [0.29, 0.717) is 24.4 Å². The van der Waals surface area contributed by atoms with Gasteiger partial charge in [-0.2, -0.15) is 0 Å². The Morgan fingerprint density at radius 1 is 0.763 bits per heavy atom. The summed E-state index contributed by atoms with van der Waals surface area (Å²) in [6.45, 7) is 4.63. The van der Waals surface area contributed by atoms with Gasteiger partial charge in [-0.25, -0.2) is 4.79 Å². The van der Waals surface area contributed by atoms with E-state index in [1.54, 1.807) is 29.2 Å². The fraction of sp³-hybridized carbons (Fsp3) is 0.296. The Bertz CT molecular complexity index is 1470. The van der Waals surface area contributed by atoms with Crippen LogP contribution in [0.1, 0.15) is 40.0 Å². The Hall–Kier alpha value is -4.67. The van der Waals surface area contributed by atoms with E-state index in [9.17, 15) is 24.0 Å². The lowest BCUT2D eigenvalue weighted by Gasteiger charge is -2.25. The molecular formula is C27H25NO10. The molecule has 1 aliphatic heterocycles. The molecule has 1 aromatic heterocycles. The summed E-state index contributed by atoms with van der Waals surface area (Å²) in [5, 5.41) is -0.191. The third-order valence-corrected chi connectivity index (χ3v) is 5.60. The van der Waals surface area contributed by atoms with E-state index in [1.807, 2.05) is 0 Å². The number of esters is 3. The number of ether oxygens (including phenoxy) is 4. The van der Waals surface area contributed by atoms with Crippen molar-refractivity contribution < 1.29 is 42.5 Å². The summed E-state index contributed by atoms with van der Waals surface area (Å²) in [7, 11) is 0. The zero-order valence-corrected chi connectivity index (χ0v) is 21.0. The smallest absolute Gasteiger partial charge is 0.415 e. The highest BCUT2D eigenvalue weighted by atomic mass is 16.6. The van der Waals surface area contributed by atoms with Crippen molar-refractivity contribution in [2.24, 2.45) is 0 Å². The van der Waals surface area contributed by atoms with Crippen molar-refractivity contribution in [3.05, 3.63) is 46.6 Å². The summed E-state index contributed by atoms with van der Waals surface area (Å²) in [4.78, 5) is 62.4. The third-order valence-electron chi connectivity index (χ3n) is 5.60. The number of fused-ring (bicyclic) bond motifs is 1. The maximum atomic E-state index is 13.2. The summed E-state index contributed by atoms with van der Waals surface area (Å²) >= 11 is 0. The molecule has 0 N–H and O–H groups in total. The number of amides is 1. The summed E-state index contributed by atoms with van der Waals surface area (Å²) in [6.07, 6.45) is 2.55. The maximum Gasteiger partial charge on any atom is 0.415 e. The third kappa shape index (κ3) is 6.00. The average molecular weight is 523 g/mol. The van der Waals surface area contributed by atoms with Gasteiger partial charge >= 0.3 is 24.0 Å². The fourth-order valence-electron chi connectivity index (χ4n) is 4.03. The van der Waals surface area contributed by atoms with Crippen LogP contribution < -0.4 is 24.4 Å². The van der Waals surface area contributed by atoms with Gasteiger partial charge in [-0.1, -0.05) is 0 Å². The first kappa shape index (κ1) is 26.4. The molecule has 11 heteroatoms. The molecule has 3 aromatic rings. The molecule has 0 radical (unpaired) electrons. The molecule has 0 atom stereocenters. The molecule has 1 saturated heterocycles. The molecular weight excluding hydrogens is 498 g/mol. The summed E-state index contributed by atoms with van der Waals surface area (Å²) < 4.78 is 26.8. The number of likely N-dealkylation sites (tertiary alicyclic amines) is 1. The normalized spacial score (nSPS) is 13.1. The first-order valence-electron chi connectivity index (χ1n) is 11.9. The largest absolute Gasteiger partial charge is 0.456 e. The van der Waals surface area contributed by atoms with Gasteiger partial charge < -0.3 is 28.3 Å². The summed E-state index contributed by atoms with van der Waals surface area (Å²) in [5.74, 6) is -2.99. The molecule has 4 rings (SSSR count). The number of benzene rings is 2. The zero-order chi connectivity index (χ0) is 27.4. The van der Waals surface area contributed by atoms with E-state index < -0.39 is 40.9 Å². The predicted molar refractivity (Wildman–Crippen MR) is 133 cm³/mol. The lowest BCUT2D eigenvalue weighted by atomic mass is 10.1. The first-order valence-corrected chi connectivity index (χ1v) is 11.9. The summed E-state index contributed by atoms with van der Waals surface area (Å²) in [6, 6.07) is 8.72. The van der Waals surface area contributed by atoms with Crippen molar-refractivity contribution in [3.8, 4) is 34.3 Å². The van der Waals surface area contributed by atoms with Gasteiger partial charge in [0.15, 0.2) is 16.9 Å². The molecule has 198 valence electrons. The number of nitrogens with zero attached hydrogens (tertiary/aromatic N) is 1. The molecule has 1 fully saturated rings. The van der Waals surface area contributed by atoms with Gasteiger partial charge in [-0.15, -0.1) is 0 Å². The molecule has 0 aliphatic carbocycles. The van der Waals surface area contributed by atoms with Crippen LogP contribution in [0.25, 0.3) is 22.3 Å². The first-order chi connectivity index (χ1) is 18.1. The second kappa shape index (κ2) is 11.2. The Balaban J connectivity index is 1.74. The summed E-state index contributed by atoms with van der Waals surface area (Å²) in [5.41, 5.74) is -0.216. The Kier molecular flexibility index (Phi) is 7.75. The molecule has 0 unspecified atom stereocenters. The molecule has 38 heavy (non-hydrogen) atoms. The predicted octanol–water partition coefficient (Wildman–Crippen LogP) is 4.22. The fourth-order valence-corrected chi connectivity index (χ4v) is 4.03. The van der Waals surface area contributed by atoms with Crippen molar-refractivity contribution in [2.45, 2.75) is 40.0 Å². The van der Waals surface area contributed by atoms with Crippen molar-refractivity contribution in [1.29, 1.82) is 0 Å². The standard InChI is InChI=1S/C27H25NO10/c1-15(29)34-23-14-22-24(26(36-17(3)31)25(23)35-16(2)30)20(32)13-21(38-22)18-7-9-19(10-8-18)37-27(33)28-11-5-4-6-12-28/h7-10,13-14H,4-6,11-12H2,1-3H3. The minimum Gasteiger partial charge on any atom is -0.456 e. The Morgan fingerprint density at radius 2 is 1.37 bits per heavy atom. The van der Waals surface area contributed by atoms with E-state index in [0.717, 1.165) is 40.0 Å². The molecule has 0 saturated carbocycles. The second-order valence-corrected chi connectivity index (χ2v) is 8.60. The Labute approximate surface area is 216 Å². The van der Waals surface area contributed by atoms with Gasteiger partial charge in [0.25, 0.3) is 0 Å². The highest BCUT2D eigenvalue weighted by Gasteiger charge is 2.26. The van der Waals surface area contributed by atoms with Gasteiger partial charge in [0.2, 0.25) is 5.75 Å². The van der Waals surface area contributed by atoms with E-state index in [-0.39, 0.29) is 22.5 Å². The monoisotopic (exact) mass is 523 g/mol. The van der Waals surface area contributed by atoms with Gasteiger partial charge in [-0.05, 0) is 43.5 Å². The molecule has 2 aromatic carbocycles. The lowest BCUT2D eigenvalue weighted by molar-refractivity contribution is -0.135. The molecule has 1 aliphatic rings. The minimum absolute atomic E-state index is 0.0866. The van der Waals surface area contributed by atoms with Gasteiger partial charge in [-0.3, -0.25) is 19.2 Å². The van der Waals surface area contributed by atoms with E-state index >= 15 is 0 Å². The topological polar surface area (TPSA) is 139 Å². The van der Waals surface area contributed by atoms with Gasteiger partial charge in [0.1, 0.15) is 22.5 Å². The molecule has 11 nitrogen and oxygen atoms in total. The number of carbonyl (C=O) groups excluding carboxylic acids is 4. The number of rotatable bonds is 5. The van der Waals surface area contributed by atoms with Crippen LogP contribution in [0.3, 0.4) is 0 Å². The van der Waals surface area contributed by atoms with Crippen LogP contribution in [-0.4, -0.2) is 42.0 Å². The lowest BCUT2D eigenvalue weighted by Crippen LogP contribution is -2.37. The van der Waals surface area contributed by atoms with Crippen LogP contribution >= 0.6 is 0 Å². The van der Waals surface area contributed by atoms with Crippen LogP contribution in [0.5, 0.6) is 23.0 Å². The maximum absolute atomic E-state index is 13.2. The molecule has 0 bridgehead atoms. The SMILES string of the molecule is CC(=O)Oc1cc2oc(-c3ccc(OC(=O)N4CCCCC4)cc3)cc(=O)c2c(OC(C)=O)c1OC(C)=O. The number of carbonyl (C=O) groups is 4. The number of hydrogen-bond donors (Lipinski definition) is 0. The second-order valence-electron chi connectivity index (χ2n) is 8.60. The minimum atomic E-state index is -0.808. The average Bonchev–Trinajstić information content (AvgIpc) is 2.86. The Morgan fingerprint density at radius 3 is 1.97 bits per heavy atom. The van der Waals surface area contributed by atoms with Crippen molar-refractivity contribution in [1.82, 2.24) is 4.90 Å². The van der Waals surface area contributed by atoms with Crippen LogP contribution in [0.4, 0.5) is 4.79 Å². The molecule has 1 amide bonds. The van der Waals surface area contributed by atoms with Crippen LogP contribution in [-0.2, 0) is 14.4 Å². The van der Waals surface area contributed by atoms with Crippen molar-refractivity contribution in [3.63, 3.8) is 0 Å². The van der Waals surface area contributed by atoms with Gasteiger partial charge in [0, 0.05) is 51.6 Å². The van der Waals surface area contributed by atoms with E-state index in [1.165, 1.54) is 12.1 Å². The highest BCUT2D eigenvalue weighted by Crippen LogP contribution is 2.44. The van der Waals surface area contributed by atoms with E-state index in [2.05, 4.69) is 0 Å². The van der Waals surface area contributed by atoms with Gasteiger partial charge in [0.05, 0.1) is 0 Å². The number of hydrogen-bond acceptors (Lipinski definition) is 10. The number of piperidine rings is 1. The quantitative estimate of drug-likeness (QED) is 0.353. The zero-order valence-electron chi connectivity index (χ0n) is 21.0. The molecule has 0 spiro atoms. The van der Waals surface area contributed by atoms with Crippen LogP contribution in [0, 0.1) is 0 Å². The molecule has 2 heterocycles. The highest BCUT2D eigenvalue weighted by molar-refractivity contribution is 5.94. The van der Waals surface area contributed by atoms with Crippen LogP contribution in [0.15, 0.2) is 45.6 Å². The van der Waals surface area contributed by atoms with E-state index in [4.69, 9.17) is 23.4 Å². The van der Waals surface area contributed by atoms with Crippen molar-refractivity contribution >= 4 is 35.0 Å². The van der Waals surface area contributed by atoms with Crippen LogP contribution in [0.2, 0.25) is 0 Å².